The molecule has 7 rings (SSSR count). The number of rotatable bonds is 5. The number of benzene rings is 1. The number of hydrogen-bond acceptors (Lipinski definition) is 9. The van der Waals surface area contributed by atoms with Gasteiger partial charge < -0.3 is 19.9 Å². The summed E-state index contributed by atoms with van der Waals surface area (Å²) < 4.78 is 9.23. The average molecular weight is 539 g/mol. The third kappa shape index (κ3) is 3.98. The van der Waals surface area contributed by atoms with Crippen LogP contribution in [-0.2, 0) is 18.3 Å². The van der Waals surface area contributed by atoms with Gasteiger partial charge in [-0.25, -0.2) is 4.98 Å². The molecule has 6 heterocycles. The van der Waals surface area contributed by atoms with E-state index in [1.54, 1.807) is 19.3 Å². The third-order valence-corrected chi connectivity index (χ3v) is 7.31. The van der Waals surface area contributed by atoms with Crippen molar-refractivity contribution in [1.29, 1.82) is 0 Å². The van der Waals surface area contributed by atoms with E-state index < -0.39 is 5.91 Å². The second-order valence-electron chi connectivity index (χ2n) is 9.97. The Bertz CT molecular complexity index is 1830. The molecule has 13 nitrogen and oxygen atoms in total. The SMILES string of the molecule is CN1Cc2c(cnn2C2CCOC2)-c2cccc(Nc3nc(NC(=O)c4cnn(C)c4)nc4cc[nH]c(=O)c34)c21. The number of amides is 1. The fraction of sp³-hybridized carbons (Fsp3) is 0.259. The van der Waals surface area contributed by atoms with E-state index in [-0.39, 0.29) is 28.8 Å². The van der Waals surface area contributed by atoms with E-state index in [4.69, 9.17) is 9.84 Å². The third-order valence-electron chi connectivity index (χ3n) is 7.31. The lowest BCUT2D eigenvalue weighted by Gasteiger charge is -2.31. The first kappa shape index (κ1) is 24.0. The standard InChI is InChI=1S/C27H26N10O3/c1-35-13-21-18(11-30-37(21)16-7-9-40-14-16)17-4-3-5-20(23(17)35)31-24-22-19(6-8-28-26(22)39)32-27(33-24)34-25(38)15-10-29-36(2)12-15/h3-6,8,10-12,16H,7,9,13-14H2,1-2H3,(H,28,39)(H2,31,32,33,34,38). The first-order chi connectivity index (χ1) is 19.5. The minimum Gasteiger partial charge on any atom is -0.379 e. The van der Waals surface area contributed by atoms with E-state index in [1.165, 1.54) is 17.1 Å². The molecule has 5 aromatic rings. The van der Waals surface area contributed by atoms with Crippen LogP contribution in [0.5, 0.6) is 0 Å². The number of fused-ring (bicyclic) bond motifs is 4. The summed E-state index contributed by atoms with van der Waals surface area (Å²) in [5, 5.41) is 15.1. The zero-order valence-electron chi connectivity index (χ0n) is 21.9. The molecule has 1 amide bonds. The summed E-state index contributed by atoms with van der Waals surface area (Å²) in [4.78, 5) is 39.5. The Morgan fingerprint density at radius 2 is 2.02 bits per heavy atom. The van der Waals surface area contributed by atoms with Crippen LogP contribution in [0.4, 0.5) is 23.1 Å². The summed E-state index contributed by atoms with van der Waals surface area (Å²) in [6.07, 6.45) is 7.44. The highest BCUT2D eigenvalue weighted by Crippen LogP contribution is 2.44. The number of H-pyrrole nitrogens is 1. The van der Waals surface area contributed by atoms with Crippen molar-refractivity contribution >= 4 is 40.0 Å². The van der Waals surface area contributed by atoms with Crippen molar-refractivity contribution in [2.45, 2.75) is 19.0 Å². The molecule has 0 radical (unpaired) electrons. The van der Waals surface area contributed by atoms with Gasteiger partial charge in [0.25, 0.3) is 11.5 Å². The summed E-state index contributed by atoms with van der Waals surface area (Å²) >= 11 is 0. The molecule has 1 aromatic carbocycles. The van der Waals surface area contributed by atoms with E-state index in [1.807, 2.05) is 25.4 Å². The van der Waals surface area contributed by atoms with Crippen LogP contribution in [0.2, 0.25) is 0 Å². The first-order valence-corrected chi connectivity index (χ1v) is 12.9. The predicted molar refractivity (Wildman–Crippen MR) is 149 cm³/mol. The number of para-hydroxylation sites is 1. The first-order valence-electron chi connectivity index (χ1n) is 12.9. The summed E-state index contributed by atoms with van der Waals surface area (Å²) in [6, 6.07) is 7.87. The largest absolute Gasteiger partial charge is 0.379 e. The Balaban J connectivity index is 1.29. The van der Waals surface area contributed by atoms with Gasteiger partial charge in [-0.1, -0.05) is 12.1 Å². The molecule has 2 aliphatic heterocycles. The number of nitrogens with zero attached hydrogens (tertiary/aromatic N) is 7. The van der Waals surface area contributed by atoms with Gasteiger partial charge in [-0.3, -0.25) is 24.3 Å². The van der Waals surface area contributed by atoms with Crippen LogP contribution in [-0.4, -0.2) is 60.7 Å². The van der Waals surface area contributed by atoms with Gasteiger partial charge >= 0.3 is 0 Å². The number of carbonyl (C=O) groups is 1. The topological polar surface area (TPSA) is 148 Å². The maximum Gasteiger partial charge on any atom is 0.261 e. The van der Waals surface area contributed by atoms with Gasteiger partial charge in [0.15, 0.2) is 0 Å². The van der Waals surface area contributed by atoms with Gasteiger partial charge in [0, 0.05) is 44.2 Å². The molecule has 2 aliphatic rings. The fourth-order valence-corrected chi connectivity index (χ4v) is 5.45. The highest BCUT2D eigenvalue weighted by Gasteiger charge is 2.30. The molecule has 0 bridgehead atoms. The van der Waals surface area contributed by atoms with Crippen molar-refractivity contribution in [3.63, 3.8) is 0 Å². The monoisotopic (exact) mass is 538 g/mol. The predicted octanol–water partition coefficient (Wildman–Crippen LogP) is 2.82. The minimum atomic E-state index is -0.405. The van der Waals surface area contributed by atoms with Crippen LogP contribution in [0.25, 0.3) is 22.0 Å². The smallest absolute Gasteiger partial charge is 0.261 e. The lowest BCUT2D eigenvalue weighted by atomic mass is 9.97. The van der Waals surface area contributed by atoms with Crippen molar-refractivity contribution in [2.24, 2.45) is 7.05 Å². The van der Waals surface area contributed by atoms with E-state index in [2.05, 4.69) is 46.3 Å². The van der Waals surface area contributed by atoms with Crippen LogP contribution >= 0.6 is 0 Å². The normalized spacial score (nSPS) is 16.1. The number of nitrogens with one attached hydrogen (secondary N) is 3. The van der Waals surface area contributed by atoms with Gasteiger partial charge in [0.05, 0.1) is 59.7 Å². The number of aryl methyl sites for hydroxylation is 1. The number of hydrogen-bond donors (Lipinski definition) is 3. The molecule has 0 spiro atoms. The highest BCUT2D eigenvalue weighted by atomic mass is 16.5. The lowest BCUT2D eigenvalue weighted by Crippen LogP contribution is -2.26. The Morgan fingerprint density at radius 3 is 2.83 bits per heavy atom. The molecule has 0 saturated carbocycles. The molecule has 3 N–H and O–H groups in total. The van der Waals surface area contributed by atoms with Crippen molar-refractivity contribution in [1.82, 2.24) is 34.5 Å². The summed E-state index contributed by atoms with van der Waals surface area (Å²) in [5.41, 5.74) is 5.37. The summed E-state index contributed by atoms with van der Waals surface area (Å²) in [7, 11) is 3.76. The summed E-state index contributed by atoms with van der Waals surface area (Å²) in [6.45, 7) is 2.08. The Labute approximate surface area is 227 Å². The maximum absolute atomic E-state index is 12.9. The van der Waals surface area contributed by atoms with E-state index in [0.717, 1.165) is 41.2 Å². The van der Waals surface area contributed by atoms with Crippen LogP contribution < -0.4 is 21.1 Å². The van der Waals surface area contributed by atoms with Gasteiger partial charge in [0.2, 0.25) is 5.95 Å². The molecule has 1 saturated heterocycles. The maximum atomic E-state index is 12.9. The van der Waals surface area contributed by atoms with Gasteiger partial charge in [0.1, 0.15) is 11.2 Å². The van der Waals surface area contributed by atoms with Crippen LogP contribution in [0.1, 0.15) is 28.5 Å². The minimum absolute atomic E-state index is 0.0648. The molecule has 4 aromatic heterocycles. The Kier molecular flexibility index (Phi) is 5.59. The molecular formula is C27H26N10O3. The zero-order chi connectivity index (χ0) is 27.4. The molecular weight excluding hydrogens is 512 g/mol. The number of anilines is 4. The Morgan fingerprint density at radius 1 is 1.12 bits per heavy atom. The fourth-order valence-electron chi connectivity index (χ4n) is 5.45. The van der Waals surface area contributed by atoms with Crippen molar-refractivity contribution in [2.75, 3.05) is 35.8 Å². The van der Waals surface area contributed by atoms with Crippen molar-refractivity contribution < 1.29 is 9.53 Å². The number of pyridine rings is 1. The van der Waals surface area contributed by atoms with Gasteiger partial charge in [-0.15, -0.1) is 0 Å². The summed E-state index contributed by atoms with van der Waals surface area (Å²) in [5.74, 6) is -0.0630. The molecule has 202 valence electrons. The van der Waals surface area contributed by atoms with Crippen molar-refractivity contribution in [3.8, 4) is 11.1 Å². The van der Waals surface area contributed by atoms with Crippen molar-refractivity contribution in [3.05, 3.63) is 70.7 Å². The average Bonchev–Trinajstić information content (AvgIpc) is 3.70. The molecule has 1 fully saturated rings. The molecule has 0 aliphatic carbocycles. The number of aromatic amines is 1. The quantitative estimate of drug-likeness (QED) is 0.307. The van der Waals surface area contributed by atoms with E-state index >= 15 is 0 Å². The molecule has 1 unspecified atom stereocenters. The van der Waals surface area contributed by atoms with Crippen LogP contribution in [0.15, 0.2) is 53.8 Å². The highest BCUT2D eigenvalue weighted by molar-refractivity contribution is 6.04. The molecule has 13 heteroatoms. The van der Waals surface area contributed by atoms with Gasteiger partial charge in [-0.2, -0.15) is 15.2 Å². The van der Waals surface area contributed by atoms with E-state index in [0.29, 0.717) is 24.2 Å². The molecule has 1 atom stereocenters. The number of carbonyl (C=O) groups excluding carboxylic acids is 1. The second-order valence-corrected chi connectivity index (χ2v) is 9.97. The van der Waals surface area contributed by atoms with Crippen LogP contribution in [0, 0.1) is 0 Å². The lowest BCUT2D eigenvalue weighted by molar-refractivity contribution is 0.102. The van der Waals surface area contributed by atoms with Crippen LogP contribution in [0.3, 0.4) is 0 Å². The zero-order valence-corrected chi connectivity index (χ0v) is 21.9. The number of ether oxygens (including phenoxy) is 1. The second kappa shape index (κ2) is 9.31. The van der Waals surface area contributed by atoms with E-state index in [9.17, 15) is 9.59 Å². The number of aromatic nitrogens is 7. The van der Waals surface area contributed by atoms with Gasteiger partial charge in [-0.05, 0) is 18.6 Å². The molecule has 40 heavy (non-hydrogen) atoms. The Hall–Kier alpha value is -5.04.